The Morgan fingerprint density at radius 3 is 2.83 bits per heavy atom. The first-order valence-electron chi connectivity index (χ1n) is 7.42. The van der Waals surface area contributed by atoms with Gasteiger partial charge in [0.2, 0.25) is 0 Å². The van der Waals surface area contributed by atoms with E-state index in [9.17, 15) is 9.59 Å². The van der Waals surface area contributed by atoms with E-state index >= 15 is 0 Å². The maximum Gasteiger partial charge on any atom is 0.316 e. The molecule has 1 aliphatic heterocycles. The molecule has 0 spiro atoms. The lowest BCUT2D eigenvalue weighted by atomic mass is 10.0. The van der Waals surface area contributed by atoms with Gasteiger partial charge in [0.25, 0.3) is 5.91 Å². The molecule has 3 amide bonds. The van der Waals surface area contributed by atoms with Gasteiger partial charge in [-0.1, -0.05) is 18.2 Å². The largest absolute Gasteiger partial charge is 0.361 e. The van der Waals surface area contributed by atoms with Crippen LogP contribution in [0.15, 0.2) is 48.7 Å². The number of hydrogen-bond donors (Lipinski definition) is 4. The maximum atomic E-state index is 12.2. The number of nitrogens with one attached hydrogen (secondary N) is 3. The van der Waals surface area contributed by atoms with Crippen LogP contribution in [0.4, 0.5) is 16.2 Å². The van der Waals surface area contributed by atoms with Gasteiger partial charge in [0.15, 0.2) is 0 Å². The number of carbonyl (C=O) groups is 2. The van der Waals surface area contributed by atoms with Crippen LogP contribution < -0.4 is 16.4 Å². The van der Waals surface area contributed by atoms with Crippen molar-refractivity contribution in [1.29, 1.82) is 0 Å². The molecule has 118 valence electrons. The molecule has 0 radical (unpaired) electrons. The third kappa shape index (κ3) is 2.30. The molecule has 3 aromatic rings. The minimum Gasteiger partial charge on any atom is -0.361 e. The molecule has 24 heavy (non-hydrogen) atoms. The summed E-state index contributed by atoms with van der Waals surface area (Å²) in [5, 5.41) is 6.31. The summed E-state index contributed by atoms with van der Waals surface area (Å²) in [6.45, 7) is 0. The fraction of sp³-hybridized carbons (Fsp3) is 0. The number of carbonyl (C=O) groups excluding carboxylic acids is 2. The average Bonchev–Trinajstić information content (AvgIpc) is 3.09. The Morgan fingerprint density at radius 1 is 1.17 bits per heavy atom. The molecule has 4 rings (SSSR count). The third-order valence-corrected chi connectivity index (χ3v) is 3.99. The molecular formula is C18H14N4O2. The van der Waals surface area contributed by atoms with Crippen LogP contribution in [0.1, 0.15) is 11.1 Å². The summed E-state index contributed by atoms with van der Waals surface area (Å²) < 4.78 is 0. The molecule has 6 nitrogen and oxygen atoms in total. The zero-order valence-electron chi connectivity index (χ0n) is 12.6. The van der Waals surface area contributed by atoms with E-state index in [0.29, 0.717) is 11.3 Å². The monoisotopic (exact) mass is 318 g/mol. The quantitative estimate of drug-likeness (QED) is 0.546. The van der Waals surface area contributed by atoms with Crippen LogP contribution in [-0.2, 0) is 4.79 Å². The Kier molecular flexibility index (Phi) is 3.09. The number of benzene rings is 2. The molecule has 0 bridgehead atoms. The van der Waals surface area contributed by atoms with Gasteiger partial charge in [0.1, 0.15) is 0 Å². The first-order valence-corrected chi connectivity index (χ1v) is 7.42. The van der Waals surface area contributed by atoms with Crippen molar-refractivity contribution in [2.24, 2.45) is 5.73 Å². The Labute approximate surface area is 137 Å². The van der Waals surface area contributed by atoms with Crippen LogP contribution in [0.25, 0.3) is 22.6 Å². The Morgan fingerprint density at radius 2 is 2.00 bits per heavy atom. The van der Waals surface area contributed by atoms with E-state index in [1.165, 1.54) is 0 Å². The lowest BCUT2D eigenvalue weighted by Crippen LogP contribution is -2.19. The third-order valence-electron chi connectivity index (χ3n) is 3.99. The van der Waals surface area contributed by atoms with E-state index < -0.39 is 6.03 Å². The van der Waals surface area contributed by atoms with Crippen molar-refractivity contribution in [3.63, 3.8) is 0 Å². The summed E-state index contributed by atoms with van der Waals surface area (Å²) in [5.74, 6) is -0.128. The van der Waals surface area contributed by atoms with Crippen molar-refractivity contribution in [3.8, 4) is 0 Å². The normalized spacial score (nSPS) is 14.7. The van der Waals surface area contributed by atoms with Crippen LogP contribution in [0.3, 0.4) is 0 Å². The second-order valence-corrected chi connectivity index (χ2v) is 5.55. The molecule has 0 aliphatic carbocycles. The zero-order chi connectivity index (χ0) is 16.7. The number of hydrogen-bond acceptors (Lipinski definition) is 2. The van der Waals surface area contributed by atoms with Crippen molar-refractivity contribution in [2.45, 2.75) is 0 Å². The smallest absolute Gasteiger partial charge is 0.316 e. The number of para-hydroxylation sites is 1. The van der Waals surface area contributed by atoms with Crippen molar-refractivity contribution in [2.75, 3.05) is 10.6 Å². The summed E-state index contributed by atoms with van der Waals surface area (Å²) in [6, 6.07) is 12.4. The highest BCUT2D eigenvalue weighted by Gasteiger charge is 2.23. The van der Waals surface area contributed by atoms with E-state index in [4.69, 9.17) is 5.73 Å². The fourth-order valence-electron chi connectivity index (χ4n) is 2.92. The number of aromatic nitrogens is 1. The predicted octanol–water partition coefficient (Wildman–Crippen LogP) is 3.15. The summed E-state index contributed by atoms with van der Waals surface area (Å²) in [6.07, 6.45) is 3.67. The minimum atomic E-state index is -0.617. The van der Waals surface area contributed by atoms with Gasteiger partial charge >= 0.3 is 6.03 Å². The molecule has 0 saturated carbocycles. The number of aromatic amines is 1. The molecule has 0 unspecified atom stereocenters. The number of primary amides is 1. The average molecular weight is 318 g/mol. The summed E-state index contributed by atoms with van der Waals surface area (Å²) >= 11 is 0. The van der Waals surface area contributed by atoms with Crippen LogP contribution in [0, 0.1) is 0 Å². The lowest BCUT2D eigenvalue weighted by Gasteiger charge is -2.02. The van der Waals surface area contributed by atoms with Crippen molar-refractivity contribution >= 4 is 45.9 Å². The van der Waals surface area contributed by atoms with Gasteiger partial charge in [-0.05, 0) is 30.3 Å². The van der Waals surface area contributed by atoms with Gasteiger partial charge in [-0.2, -0.15) is 0 Å². The van der Waals surface area contributed by atoms with Gasteiger partial charge < -0.3 is 21.4 Å². The first-order chi connectivity index (χ1) is 11.6. The first kappa shape index (κ1) is 14.1. The minimum absolute atomic E-state index is 0.128. The molecule has 2 aromatic carbocycles. The van der Waals surface area contributed by atoms with E-state index in [1.807, 2.05) is 48.7 Å². The summed E-state index contributed by atoms with van der Waals surface area (Å²) in [7, 11) is 0. The van der Waals surface area contributed by atoms with E-state index in [-0.39, 0.29) is 5.91 Å². The highest BCUT2D eigenvalue weighted by molar-refractivity contribution is 6.35. The number of fused-ring (bicyclic) bond motifs is 2. The van der Waals surface area contributed by atoms with E-state index in [2.05, 4.69) is 15.6 Å². The van der Waals surface area contributed by atoms with Gasteiger partial charge in [-0.15, -0.1) is 0 Å². The maximum absolute atomic E-state index is 12.2. The molecule has 6 heteroatoms. The van der Waals surface area contributed by atoms with Gasteiger partial charge in [0, 0.05) is 45.2 Å². The van der Waals surface area contributed by atoms with E-state index in [0.717, 1.165) is 27.7 Å². The number of rotatable bonds is 2. The van der Waals surface area contributed by atoms with Crippen LogP contribution in [0.2, 0.25) is 0 Å². The highest BCUT2D eigenvalue weighted by Crippen LogP contribution is 2.34. The topological polar surface area (TPSA) is 100 Å². The standard InChI is InChI=1S/C18H14N4O2/c19-18(24)21-11-5-6-15-13(8-11)10(9-20-15)7-14-12-3-1-2-4-16(12)22-17(14)23/h1-9,20H,(H,22,23)(H3,19,21,24). The Bertz CT molecular complexity index is 1020. The lowest BCUT2D eigenvalue weighted by molar-refractivity contribution is -0.110. The molecule has 2 heterocycles. The molecule has 0 atom stereocenters. The summed E-state index contributed by atoms with van der Waals surface area (Å²) in [5.41, 5.74) is 9.83. The molecular weight excluding hydrogens is 304 g/mol. The number of urea groups is 1. The highest BCUT2D eigenvalue weighted by atomic mass is 16.2. The fourth-order valence-corrected chi connectivity index (χ4v) is 2.92. The summed E-state index contributed by atoms with van der Waals surface area (Å²) in [4.78, 5) is 26.4. The van der Waals surface area contributed by atoms with Crippen molar-refractivity contribution < 1.29 is 9.59 Å². The second kappa shape index (κ2) is 5.27. The van der Waals surface area contributed by atoms with Crippen molar-refractivity contribution in [3.05, 3.63) is 59.8 Å². The van der Waals surface area contributed by atoms with Gasteiger partial charge in [-0.25, -0.2) is 4.79 Å². The van der Waals surface area contributed by atoms with Crippen LogP contribution in [-0.4, -0.2) is 16.9 Å². The molecule has 5 N–H and O–H groups in total. The molecule has 1 aliphatic rings. The number of amides is 3. The van der Waals surface area contributed by atoms with Crippen molar-refractivity contribution in [1.82, 2.24) is 4.98 Å². The molecule has 0 fully saturated rings. The number of nitrogens with two attached hydrogens (primary N) is 1. The number of anilines is 2. The van der Waals surface area contributed by atoms with Crippen LogP contribution in [0.5, 0.6) is 0 Å². The van der Waals surface area contributed by atoms with E-state index in [1.54, 1.807) is 6.07 Å². The van der Waals surface area contributed by atoms with Crippen LogP contribution >= 0.6 is 0 Å². The number of H-pyrrole nitrogens is 1. The zero-order valence-corrected chi connectivity index (χ0v) is 12.6. The predicted molar refractivity (Wildman–Crippen MR) is 94.4 cm³/mol. The SMILES string of the molecule is NC(=O)Nc1ccc2[nH]cc(C=C3C(=O)Nc4ccccc43)c2c1. The molecule has 0 saturated heterocycles. The molecule has 1 aromatic heterocycles. The Hall–Kier alpha value is -3.54. The van der Waals surface area contributed by atoms with Gasteiger partial charge in [-0.3, -0.25) is 4.79 Å². The van der Waals surface area contributed by atoms with Gasteiger partial charge in [0.05, 0.1) is 0 Å². The second-order valence-electron chi connectivity index (χ2n) is 5.55. The Balaban J connectivity index is 1.82.